The quantitative estimate of drug-likeness (QED) is 0.584. The number of hydrogen-bond donors (Lipinski definition) is 1. The first-order chi connectivity index (χ1) is 13.6. The van der Waals surface area contributed by atoms with Gasteiger partial charge in [-0.1, -0.05) is 48.0 Å². The Morgan fingerprint density at radius 2 is 1.79 bits per heavy atom. The van der Waals surface area contributed by atoms with Crippen molar-refractivity contribution in [1.29, 1.82) is 0 Å². The second-order valence-electron chi connectivity index (χ2n) is 6.67. The summed E-state index contributed by atoms with van der Waals surface area (Å²) in [5.74, 6) is -0.168. The van der Waals surface area contributed by atoms with Crippen LogP contribution >= 0.6 is 0 Å². The van der Waals surface area contributed by atoms with Crippen LogP contribution in [0.15, 0.2) is 73.1 Å². The van der Waals surface area contributed by atoms with E-state index < -0.39 is 0 Å². The van der Waals surface area contributed by atoms with Crippen molar-refractivity contribution in [1.82, 2.24) is 24.9 Å². The minimum atomic E-state index is -0.168. The number of aromatic nitrogens is 4. The Labute approximate surface area is 163 Å². The number of rotatable bonds is 5. The lowest BCUT2D eigenvalue weighted by molar-refractivity contribution is 0.0950. The Bertz CT molecular complexity index is 1090. The number of aryl methyl sites for hydroxylation is 2. The summed E-state index contributed by atoms with van der Waals surface area (Å²) in [6.45, 7) is 2.44. The number of amides is 1. The van der Waals surface area contributed by atoms with E-state index in [9.17, 15) is 4.79 Å². The van der Waals surface area contributed by atoms with Gasteiger partial charge in [-0.25, -0.2) is 4.68 Å². The molecule has 28 heavy (non-hydrogen) atoms. The van der Waals surface area contributed by atoms with Gasteiger partial charge in [0.15, 0.2) is 0 Å². The average molecular weight is 371 g/mol. The van der Waals surface area contributed by atoms with Crippen molar-refractivity contribution in [2.45, 2.75) is 13.5 Å². The van der Waals surface area contributed by atoms with Crippen molar-refractivity contribution >= 4 is 5.91 Å². The summed E-state index contributed by atoms with van der Waals surface area (Å²) in [5.41, 5.74) is 5.11. The smallest absolute Gasteiger partial charge is 0.255 e. The van der Waals surface area contributed by atoms with E-state index in [1.807, 2.05) is 74.6 Å². The van der Waals surface area contributed by atoms with E-state index in [1.54, 1.807) is 21.8 Å². The summed E-state index contributed by atoms with van der Waals surface area (Å²) in [7, 11) is 1.85. The van der Waals surface area contributed by atoms with Gasteiger partial charge >= 0.3 is 0 Å². The molecule has 4 rings (SSSR count). The fraction of sp³-hybridized carbons (Fsp3) is 0.136. The summed E-state index contributed by atoms with van der Waals surface area (Å²) < 4.78 is 3.49. The molecule has 0 aliphatic heterocycles. The van der Waals surface area contributed by atoms with Crippen molar-refractivity contribution in [3.05, 3.63) is 89.9 Å². The van der Waals surface area contributed by atoms with Crippen LogP contribution in [0.1, 0.15) is 21.6 Å². The van der Waals surface area contributed by atoms with Crippen molar-refractivity contribution < 1.29 is 4.79 Å². The van der Waals surface area contributed by atoms with E-state index in [2.05, 4.69) is 10.4 Å². The van der Waals surface area contributed by atoms with Gasteiger partial charge < -0.3 is 5.32 Å². The molecule has 0 radical (unpaired) electrons. The lowest BCUT2D eigenvalue weighted by atomic mass is 10.1. The summed E-state index contributed by atoms with van der Waals surface area (Å²) in [6.07, 6.45) is 3.50. The highest BCUT2D eigenvalue weighted by molar-refractivity contribution is 5.99. The third-order valence-corrected chi connectivity index (χ3v) is 4.66. The van der Waals surface area contributed by atoms with Gasteiger partial charge in [0.05, 0.1) is 23.5 Å². The molecule has 2 heterocycles. The second kappa shape index (κ2) is 7.52. The van der Waals surface area contributed by atoms with E-state index in [-0.39, 0.29) is 5.91 Å². The lowest BCUT2D eigenvalue weighted by Crippen LogP contribution is -2.24. The maximum atomic E-state index is 12.9. The molecule has 2 aromatic heterocycles. The van der Waals surface area contributed by atoms with E-state index in [0.717, 1.165) is 16.9 Å². The number of hydrogen-bond acceptors (Lipinski definition) is 3. The van der Waals surface area contributed by atoms with Gasteiger partial charge in [-0.05, 0) is 25.1 Å². The first-order valence-corrected chi connectivity index (χ1v) is 9.09. The second-order valence-corrected chi connectivity index (χ2v) is 6.67. The Hall–Kier alpha value is -3.67. The van der Waals surface area contributed by atoms with Crippen molar-refractivity contribution in [2.75, 3.05) is 0 Å². The van der Waals surface area contributed by atoms with Gasteiger partial charge in [0, 0.05) is 25.0 Å². The number of carbonyl (C=O) groups is 1. The number of nitrogens with one attached hydrogen (secondary N) is 1. The van der Waals surface area contributed by atoms with Crippen LogP contribution in [-0.2, 0) is 13.6 Å². The highest BCUT2D eigenvalue weighted by atomic mass is 16.1. The molecule has 0 spiro atoms. The summed E-state index contributed by atoms with van der Waals surface area (Å²) in [5, 5.41) is 11.8. The molecule has 6 heteroatoms. The van der Waals surface area contributed by atoms with Gasteiger partial charge in [0.2, 0.25) is 0 Å². The fourth-order valence-electron chi connectivity index (χ4n) is 3.02. The van der Waals surface area contributed by atoms with Crippen LogP contribution in [0.25, 0.3) is 16.9 Å². The molecule has 140 valence electrons. The summed E-state index contributed by atoms with van der Waals surface area (Å²) >= 11 is 0. The molecule has 0 bridgehead atoms. The maximum Gasteiger partial charge on any atom is 0.255 e. The van der Waals surface area contributed by atoms with E-state index >= 15 is 0 Å². The Morgan fingerprint density at radius 3 is 2.46 bits per heavy atom. The minimum absolute atomic E-state index is 0.168. The van der Waals surface area contributed by atoms with Gasteiger partial charge in [-0.2, -0.15) is 10.2 Å². The van der Waals surface area contributed by atoms with Crippen molar-refractivity contribution in [3.8, 4) is 16.9 Å². The first kappa shape index (κ1) is 17.7. The molecule has 0 aliphatic carbocycles. The van der Waals surface area contributed by atoms with Crippen LogP contribution in [0.3, 0.4) is 0 Å². The predicted octanol–water partition coefficient (Wildman–Crippen LogP) is 3.51. The molecule has 0 unspecified atom stereocenters. The number of carbonyl (C=O) groups excluding carboxylic acids is 1. The summed E-state index contributed by atoms with van der Waals surface area (Å²) in [4.78, 5) is 12.9. The topological polar surface area (TPSA) is 64.7 Å². The third kappa shape index (κ3) is 3.57. The molecule has 6 nitrogen and oxygen atoms in total. The normalized spacial score (nSPS) is 10.8. The van der Waals surface area contributed by atoms with E-state index in [0.29, 0.717) is 17.8 Å². The van der Waals surface area contributed by atoms with Crippen LogP contribution < -0.4 is 5.32 Å². The Balaban J connectivity index is 1.68. The third-order valence-electron chi connectivity index (χ3n) is 4.66. The highest BCUT2D eigenvalue weighted by Crippen LogP contribution is 2.24. The zero-order valence-electron chi connectivity index (χ0n) is 15.8. The van der Waals surface area contributed by atoms with Gasteiger partial charge in [-0.3, -0.25) is 9.48 Å². The zero-order valence-corrected chi connectivity index (χ0v) is 15.8. The van der Waals surface area contributed by atoms with Gasteiger partial charge in [-0.15, -0.1) is 0 Å². The molecule has 2 aromatic carbocycles. The molecular weight excluding hydrogens is 350 g/mol. The number of nitrogens with zero attached hydrogens (tertiary/aromatic N) is 4. The van der Waals surface area contributed by atoms with Crippen LogP contribution in [-0.4, -0.2) is 25.5 Å². The monoisotopic (exact) mass is 371 g/mol. The van der Waals surface area contributed by atoms with Crippen LogP contribution in [0.2, 0.25) is 0 Å². The van der Waals surface area contributed by atoms with Crippen LogP contribution in [0, 0.1) is 6.92 Å². The fourth-order valence-corrected chi connectivity index (χ4v) is 3.02. The molecule has 0 atom stereocenters. The largest absolute Gasteiger partial charge is 0.346 e. The molecule has 0 aliphatic rings. The van der Waals surface area contributed by atoms with Gasteiger partial charge in [0.1, 0.15) is 5.69 Å². The molecular formula is C22H21N5O. The molecule has 0 saturated carbocycles. The molecule has 0 fully saturated rings. The Morgan fingerprint density at radius 1 is 1.04 bits per heavy atom. The predicted molar refractivity (Wildman–Crippen MR) is 108 cm³/mol. The summed E-state index contributed by atoms with van der Waals surface area (Å²) in [6, 6.07) is 19.7. The molecule has 0 saturated heterocycles. The first-order valence-electron chi connectivity index (χ1n) is 9.09. The van der Waals surface area contributed by atoms with E-state index in [4.69, 9.17) is 5.10 Å². The van der Waals surface area contributed by atoms with Crippen LogP contribution in [0.5, 0.6) is 0 Å². The van der Waals surface area contributed by atoms with Crippen molar-refractivity contribution in [2.24, 2.45) is 7.05 Å². The van der Waals surface area contributed by atoms with E-state index in [1.165, 1.54) is 5.56 Å². The SMILES string of the molecule is Cc1ccc(-n2cc(C(=O)NCc3ccnn3C)c(-c3ccccc3)n2)cc1. The molecule has 1 amide bonds. The van der Waals surface area contributed by atoms with Gasteiger partial charge in [0.25, 0.3) is 5.91 Å². The molecule has 4 aromatic rings. The highest BCUT2D eigenvalue weighted by Gasteiger charge is 2.18. The number of benzene rings is 2. The zero-order chi connectivity index (χ0) is 19.5. The van der Waals surface area contributed by atoms with Crippen LogP contribution in [0.4, 0.5) is 0 Å². The maximum absolute atomic E-state index is 12.9. The standard InChI is InChI=1S/C22H21N5O/c1-16-8-10-18(11-9-16)27-15-20(21(25-27)17-6-4-3-5-7-17)22(28)23-14-19-12-13-24-26(19)2/h3-13,15H,14H2,1-2H3,(H,23,28). The van der Waals surface area contributed by atoms with Crippen molar-refractivity contribution in [3.63, 3.8) is 0 Å². The average Bonchev–Trinajstić information content (AvgIpc) is 3.34. The Kier molecular flexibility index (Phi) is 4.76. The molecule has 1 N–H and O–H groups in total. The minimum Gasteiger partial charge on any atom is -0.346 e. The lowest BCUT2D eigenvalue weighted by Gasteiger charge is -2.06.